The monoisotopic (exact) mass is 226 g/mol. The fourth-order valence-corrected chi connectivity index (χ4v) is 2.79. The molecule has 0 spiro atoms. The Morgan fingerprint density at radius 3 is 2.87 bits per heavy atom. The van der Waals surface area contributed by atoms with Crippen molar-refractivity contribution in [2.24, 2.45) is 17.6 Å². The quantitative estimate of drug-likeness (QED) is 0.820. The van der Waals surface area contributed by atoms with E-state index in [1.165, 1.54) is 25.7 Å². The third-order valence-corrected chi connectivity index (χ3v) is 3.89. The van der Waals surface area contributed by atoms with Gasteiger partial charge >= 0.3 is 0 Å². The fraction of sp³-hybridized carbons (Fsp3) is 0.800. The first-order valence-corrected chi connectivity index (χ1v) is 6.48. The smallest absolute Gasteiger partial charge is 0.205 e. The Labute approximate surface area is 94.3 Å². The van der Waals surface area contributed by atoms with Gasteiger partial charge in [0.1, 0.15) is 5.51 Å². The van der Waals surface area contributed by atoms with Crippen LogP contribution in [0.3, 0.4) is 0 Å². The van der Waals surface area contributed by atoms with Crippen molar-refractivity contribution in [3.05, 3.63) is 5.51 Å². The number of nitrogens with zero attached hydrogens (tertiary/aromatic N) is 2. The first-order chi connectivity index (χ1) is 7.40. The summed E-state index contributed by atoms with van der Waals surface area (Å²) in [6.07, 6.45) is 5.28. The first kappa shape index (κ1) is 10.8. The Kier molecular flexibility index (Phi) is 3.91. The standard InChI is InChI=1S/C10H18N4S/c11-5-8-3-1-2-4-9(8)6-12-10-14-13-7-15-10/h7-9H,1-6,11H2,(H,12,14). The minimum Gasteiger partial charge on any atom is -0.360 e. The summed E-state index contributed by atoms with van der Waals surface area (Å²) >= 11 is 1.56. The molecule has 1 fully saturated rings. The van der Waals surface area contributed by atoms with Crippen molar-refractivity contribution in [3.63, 3.8) is 0 Å². The summed E-state index contributed by atoms with van der Waals surface area (Å²) in [5.41, 5.74) is 7.54. The van der Waals surface area contributed by atoms with E-state index in [2.05, 4.69) is 15.5 Å². The third-order valence-electron chi connectivity index (χ3n) is 3.24. The van der Waals surface area contributed by atoms with Crippen LogP contribution in [0.5, 0.6) is 0 Å². The normalized spacial score (nSPS) is 26.5. The van der Waals surface area contributed by atoms with Gasteiger partial charge in [0.05, 0.1) is 0 Å². The van der Waals surface area contributed by atoms with Crippen molar-refractivity contribution in [2.45, 2.75) is 25.7 Å². The summed E-state index contributed by atoms with van der Waals surface area (Å²) in [5.74, 6) is 1.41. The van der Waals surface area contributed by atoms with E-state index < -0.39 is 0 Å². The highest BCUT2D eigenvalue weighted by Gasteiger charge is 2.23. The summed E-state index contributed by atoms with van der Waals surface area (Å²) in [6, 6.07) is 0. The van der Waals surface area contributed by atoms with Crippen LogP contribution in [0.2, 0.25) is 0 Å². The van der Waals surface area contributed by atoms with Crippen LogP contribution in [-0.2, 0) is 0 Å². The highest BCUT2D eigenvalue weighted by Crippen LogP contribution is 2.29. The average Bonchev–Trinajstić information content (AvgIpc) is 2.79. The van der Waals surface area contributed by atoms with Crippen LogP contribution in [0.25, 0.3) is 0 Å². The largest absolute Gasteiger partial charge is 0.360 e. The van der Waals surface area contributed by atoms with Gasteiger partial charge in [-0.25, -0.2) is 0 Å². The van der Waals surface area contributed by atoms with Crippen LogP contribution in [0, 0.1) is 11.8 Å². The van der Waals surface area contributed by atoms with Crippen molar-refractivity contribution < 1.29 is 0 Å². The fourth-order valence-electron chi connectivity index (χ4n) is 2.33. The zero-order valence-electron chi connectivity index (χ0n) is 8.85. The second-order valence-corrected chi connectivity index (χ2v) is 5.00. The zero-order chi connectivity index (χ0) is 10.5. The van der Waals surface area contributed by atoms with Gasteiger partial charge in [-0.2, -0.15) is 0 Å². The molecule has 1 heterocycles. The summed E-state index contributed by atoms with van der Waals surface area (Å²) < 4.78 is 0. The van der Waals surface area contributed by atoms with Crippen molar-refractivity contribution >= 4 is 16.5 Å². The molecule has 15 heavy (non-hydrogen) atoms. The maximum absolute atomic E-state index is 5.79. The molecule has 1 aromatic rings. The molecule has 1 aliphatic rings. The van der Waals surface area contributed by atoms with Crippen LogP contribution in [-0.4, -0.2) is 23.3 Å². The number of hydrogen-bond acceptors (Lipinski definition) is 5. The molecule has 2 unspecified atom stereocenters. The minimum atomic E-state index is 0.694. The third kappa shape index (κ3) is 2.89. The summed E-state index contributed by atoms with van der Waals surface area (Å²) in [4.78, 5) is 0. The van der Waals surface area contributed by atoms with Crippen molar-refractivity contribution in [1.29, 1.82) is 0 Å². The SMILES string of the molecule is NCC1CCCCC1CNc1nncs1. The van der Waals surface area contributed by atoms with E-state index in [0.29, 0.717) is 11.8 Å². The highest BCUT2D eigenvalue weighted by molar-refractivity contribution is 7.13. The predicted octanol–water partition coefficient (Wildman–Crippen LogP) is 1.72. The number of nitrogens with one attached hydrogen (secondary N) is 1. The van der Waals surface area contributed by atoms with Gasteiger partial charge < -0.3 is 11.1 Å². The van der Waals surface area contributed by atoms with Gasteiger partial charge in [0.15, 0.2) is 0 Å². The van der Waals surface area contributed by atoms with Gasteiger partial charge in [-0.3, -0.25) is 0 Å². The molecule has 1 aliphatic carbocycles. The molecule has 84 valence electrons. The second kappa shape index (κ2) is 5.42. The van der Waals surface area contributed by atoms with Crippen molar-refractivity contribution in [2.75, 3.05) is 18.4 Å². The van der Waals surface area contributed by atoms with E-state index in [1.807, 2.05) is 0 Å². The molecule has 5 heteroatoms. The lowest BCUT2D eigenvalue weighted by molar-refractivity contribution is 0.255. The molecule has 4 nitrogen and oxygen atoms in total. The van der Waals surface area contributed by atoms with Gasteiger partial charge in [0, 0.05) is 6.54 Å². The Morgan fingerprint density at radius 1 is 1.40 bits per heavy atom. The van der Waals surface area contributed by atoms with Gasteiger partial charge in [-0.15, -0.1) is 10.2 Å². The Balaban J connectivity index is 1.81. The van der Waals surface area contributed by atoms with Crippen LogP contribution in [0.4, 0.5) is 5.13 Å². The van der Waals surface area contributed by atoms with E-state index in [-0.39, 0.29) is 0 Å². The Morgan fingerprint density at radius 2 is 2.20 bits per heavy atom. The lowest BCUT2D eigenvalue weighted by Gasteiger charge is -2.30. The van der Waals surface area contributed by atoms with E-state index in [0.717, 1.165) is 18.2 Å². The van der Waals surface area contributed by atoms with E-state index in [4.69, 9.17) is 5.73 Å². The molecule has 0 bridgehead atoms. The van der Waals surface area contributed by atoms with Gasteiger partial charge in [0.2, 0.25) is 5.13 Å². The molecule has 0 radical (unpaired) electrons. The lowest BCUT2D eigenvalue weighted by atomic mass is 9.79. The Bertz CT molecular complexity index is 275. The Hall–Kier alpha value is -0.680. The van der Waals surface area contributed by atoms with Crippen LogP contribution in [0.15, 0.2) is 5.51 Å². The molecule has 1 saturated carbocycles. The van der Waals surface area contributed by atoms with Crippen LogP contribution in [0.1, 0.15) is 25.7 Å². The maximum atomic E-state index is 5.79. The molecule has 1 aromatic heterocycles. The van der Waals surface area contributed by atoms with E-state index in [1.54, 1.807) is 16.8 Å². The molecular weight excluding hydrogens is 208 g/mol. The molecule has 0 aromatic carbocycles. The van der Waals surface area contributed by atoms with Crippen LogP contribution < -0.4 is 11.1 Å². The number of rotatable bonds is 4. The number of aromatic nitrogens is 2. The topological polar surface area (TPSA) is 63.8 Å². The maximum Gasteiger partial charge on any atom is 0.205 e. The number of nitrogens with two attached hydrogens (primary N) is 1. The van der Waals surface area contributed by atoms with Gasteiger partial charge in [-0.1, -0.05) is 24.2 Å². The van der Waals surface area contributed by atoms with Crippen LogP contribution >= 0.6 is 11.3 Å². The number of anilines is 1. The van der Waals surface area contributed by atoms with E-state index in [9.17, 15) is 0 Å². The summed E-state index contributed by atoms with van der Waals surface area (Å²) in [6.45, 7) is 1.82. The molecule has 0 amide bonds. The molecule has 0 aliphatic heterocycles. The first-order valence-electron chi connectivity index (χ1n) is 5.60. The molecule has 0 saturated heterocycles. The predicted molar refractivity (Wildman–Crippen MR) is 62.9 cm³/mol. The molecule has 2 atom stereocenters. The molecule has 2 rings (SSSR count). The second-order valence-electron chi connectivity index (χ2n) is 4.17. The lowest BCUT2D eigenvalue weighted by Crippen LogP contribution is -2.31. The van der Waals surface area contributed by atoms with Gasteiger partial charge in [0.25, 0.3) is 0 Å². The average molecular weight is 226 g/mol. The molecular formula is C10H18N4S. The van der Waals surface area contributed by atoms with Crippen molar-refractivity contribution in [1.82, 2.24) is 10.2 Å². The summed E-state index contributed by atoms with van der Waals surface area (Å²) in [5, 5.41) is 12.1. The summed E-state index contributed by atoms with van der Waals surface area (Å²) in [7, 11) is 0. The van der Waals surface area contributed by atoms with Gasteiger partial charge in [-0.05, 0) is 31.2 Å². The zero-order valence-corrected chi connectivity index (χ0v) is 9.67. The number of hydrogen-bond donors (Lipinski definition) is 2. The minimum absolute atomic E-state index is 0.694. The molecule has 3 N–H and O–H groups in total. The van der Waals surface area contributed by atoms with Crippen molar-refractivity contribution in [3.8, 4) is 0 Å². The van der Waals surface area contributed by atoms with E-state index >= 15 is 0 Å². The highest BCUT2D eigenvalue weighted by atomic mass is 32.1.